The first-order chi connectivity index (χ1) is 10.8. The Morgan fingerprint density at radius 2 is 2.09 bits per heavy atom. The normalized spacial score (nSPS) is 21.8. The molecule has 2 aliphatic heterocycles. The van der Waals surface area contributed by atoms with Gasteiger partial charge in [-0.05, 0) is 24.6 Å². The molecule has 4 nitrogen and oxygen atoms in total. The molecule has 1 amide bonds. The minimum atomic E-state index is -4.42. The molecular weight excluding hydrogens is 307 g/mol. The Balaban J connectivity index is 2.09. The molecule has 1 atom stereocenters. The molecule has 0 fully saturated rings. The Kier molecular flexibility index (Phi) is 3.66. The number of carbonyl (C=O) groups is 1. The van der Waals surface area contributed by atoms with E-state index in [0.717, 1.165) is 12.1 Å². The first-order valence-corrected chi connectivity index (χ1v) is 7.24. The van der Waals surface area contributed by atoms with Crippen LogP contribution < -0.4 is 5.32 Å². The van der Waals surface area contributed by atoms with E-state index >= 15 is 0 Å². The van der Waals surface area contributed by atoms with Crippen molar-refractivity contribution in [1.82, 2.24) is 10.2 Å². The molecule has 1 aromatic carbocycles. The number of rotatable bonds is 1. The van der Waals surface area contributed by atoms with E-state index in [1.54, 1.807) is 24.9 Å². The van der Waals surface area contributed by atoms with Gasteiger partial charge in [-0.25, -0.2) is 0 Å². The summed E-state index contributed by atoms with van der Waals surface area (Å²) in [5.41, 5.74) is 1.52. The molecule has 1 N–H and O–H groups in total. The SMILES string of the molecule is CC1=NCCN(C)C2=C1C(c1cccc(C(F)(F)F)c1)NC2=O. The van der Waals surface area contributed by atoms with Gasteiger partial charge in [-0.15, -0.1) is 0 Å². The van der Waals surface area contributed by atoms with Gasteiger partial charge in [-0.3, -0.25) is 9.79 Å². The topological polar surface area (TPSA) is 44.7 Å². The summed E-state index contributed by atoms with van der Waals surface area (Å²) in [7, 11) is 1.79. The van der Waals surface area contributed by atoms with Gasteiger partial charge in [-0.1, -0.05) is 12.1 Å². The first-order valence-electron chi connectivity index (χ1n) is 7.24. The predicted molar refractivity (Wildman–Crippen MR) is 80.0 cm³/mol. The van der Waals surface area contributed by atoms with Crippen molar-refractivity contribution in [3.05, 3.63) is 46.7 Å². The largest absolute Gasteiger partial charge is 0.416 e. The number of benzene rings is 1. The number of hydrogen-bond acceptors (Lipinski definition) is 3. The second-order valence-electron chi connectivity index (χ2n) is 5.68. The van der Waals surface area contributed by atoms with Gasteiger partial charge in [0.25, 0.3) is 5.91 Å². The average Bonchev–Trinajstić information content (AvgIpc) is 2.76. The molecule has 0 radical (unpaired) electrons. The lowest BCUT2D eigenvalue weighted by atomic mass is 9.95. The molecule has 0 saturated carbocycles. The van der Waals surface area contributed by atoms with Crippen LogP contribution in [-0.4, -0.2) is 36.7 Å². The van der Waals surface area contributed by atoms with E-state index in [9.17, 15) is 18.0 Å². The molecule has 7 heteroatoms. The first kappa shape index (κ1) is 15.6. The molecule has 0 bridgehead atoms. The summed E-state index contributed by atoms with van der Waals surface area (Å²) in [4.78, 5) is 18.5. The summed E-state index contributed by atoms with van der Waals surface area (Å²) in [6, 6.07) is 4.45. The Hall–Kier alpha value is -2.31. The third kappa shape index (κ3) is 2.71. The third-order valence-electron chi connectivity index (χ3n) is 4.14. The fourth-order valence-corrected chi connectivity index (χ4v) is 3.00. The fraction of sp³-hybridized carbons (Fsp3) is 0.375. The molecule has 122 valence electrons. The quantitative estimate of drug-likeness (QED) is 0.863. The van der Waals surface area contributed by atoms with Gasteiger partial charge in [0.1, 0.15) is 5.70 Å². The number of aliphatic imine (C=N–C) groups is 1. The van der Waals surface area contributed by atoms with Gasteiger partial charge in [0.05, 0.1) is 18.2 Å². The van der Waals surface area contributed by atoms with Gasteiger partial charge in [0.15, 0.2) is 0 Å². The minimum absolute atomic E-state index is 0.277. The molecule has 0 aliphatic carbocycles. The van der Waals surface area contributed by atoms with Gasteiger partial charge in [-0.2, -0.15) is 13.2 Å². The molecule has 0 saturated heterocycles. The standard InChI is InChI=1S/C16H16F3N3O/c1-9-12-13(10-4-3-5-11(8-10)16(17,18)19)21-15(23)14(12)22(2)7-6-20-9/h3-5,8,13H,6-7H2,1-2H3,(H,21,23). The molecular formula is C16H16F3N3O. The Bertz CT molecular complexity index is 722. The second kappa shape index (κ2) is 5.40. The lowest BCUT2D eigenvalue weighted by Crippen LogP contribution is -2.29. The van der Waals surface area contributed by atoms with Crippen LogP contribution in [0, 0.1) is 0 Å². The number of carbonyl (C=O) groups excluding carboxylic acids is 1. The number of halogens is 3. The van der Waals surface area contributed by atoms with Crippen LogP contribution >= 0.6 is 0 Å². The Morgan fingerprint density at radius 1 is 1.35 bits per heavy atom. The highest BCUT2D eigenvalue weighted by Crippen LogP contribution is 2.36. The summed E-state index contributed by atoms with van der Waals surface area (Å²) < 4.78 is 38.8. The maximum atomic E-state index is 12.9. The highest BCUT2D eigenvalue weighted by Gasteiger charge is 2.38. The molecule has 23 heavy (non-hydrogen) atoms. The highest BCUT2D eigenvalue weighted by atomic mass is 19.4. The molecule has 1 unspecified atom stereocenters. The number of nitrogens with one attached hydrogen (secondary N) is 1. The number of likely N-dealkylation sites (N-methyl/N-ethyl adjacent to an activating group) is 1. The van der Waals surface area contributed by atoms with E-state index in [1.807, 2.05) is 0 Å². The average molecular weight is 323 g/mol. The predicted octanol–water partition coefficient (Wildman–Crippen LogP) is 2.54. The van der Waals surface area contributed by atoms with E-state index in [0.29, 0.717) is 35.6 Å². The van der Waals surface area contributed by atoms with Gasteiger partial charge in [0.2, 0.25) is 0 Å². The van der Waals surface area contributed by atoms with Crippen molar-refractivity contribution in [2.45, 2.75) is 19.1 Å². The van der Waals surface area contributed by atoms with E-state index in [4.69, 9.17) is 0 Å². The van der Waals surface area contributed by atoms with E-state index < -0.39 is 17.8 Å². The molecule has 0 aromatic heterocycles. The Morgan fingerprint density at radius 3 is 2.78 bits per heavy atom. The van der Waals surface area contributed by atoms with Crippen molar-refractivity contribution in [1.29, 1.82) is 0 Å². The van der Waals surface area contributed by atoms with Crippen molar-refractivity contribution in [3.8, 4) is 0 Å². The summed E-state index contributed by atoms with van der Waals surface area (Å²) in [5.74, 6) is -0.277. The fourth-order valence-electron chi connectivity index (χ4n) is 3.00. The van der Waals surface area contributed by atoms with E-state index in [2.05, 4.69) is 10.3 Å². The molecule has 1 aromatic rings. The minimum Gasteiger partial charge on any atom is -0.368 e. The molecule has 0 spiro atoms. The second-order valence-corrected chi connectivity index (χ2v) is 5.68. The molecule has 2 aliphatic rings. The highest BCUT2D eigenvalue weighted by molar-refractivity contribution is 6.11. The van der Waals surface area contributed by atoms with Crippen molar-refractivity contribution in [3.63, 3.8) is 0 Å². The van der Waals surface area contributed by atoms with Crippen LogP contribution in [0.3, 0.4) is 0 Å². The zero-order valence-corrected chi connectivity index (χ0v) is 12.7. The number of amides is 1. The molecule has 3 rings (SSSR count). The summed E-state index contributed by atoms with van der Waals surface area (Å²) in [5, 5.41) is 2.78. The summed E-state index contributed by atoms with van der Waals surface area (Å²) in [6.07, 6.45) is -4.42. The van der Waals surface area contributed by atoms with Crippen molar-refractivity contribution in [2.24, 2.45) is 4.99 Å². The summed E-state index contributed by atoms with van der Waals surface area (Å²) >= 11 is 0. The van der Waals surface area contributed by atoms with Crippen LogP contribution in [-0.2, 0) is 11.0 Å². The van der Waals surface area contributed by atoms with Gasteiger partial charge < -0.3 is 10.2 Å². The lowest BCUT2D eigenvalue weighted by molar-refractivity contribution is -0.137. The smallest absolute Gasteiger partial charge is 0.368 e. The van der Waals surface area contributed by atoms with Crippen molar-refractivity contribution in [2.75, 3.05) is 20.1 Å². The van der Waals surface area contributed by atoms with Gasteiger partial charge >= 0.3 is 6.18 Å². The van der Waals surface area contributed by atoms with Crippen molar-refractivity contribution >= 4 is 11.6 Å². The lowest BCUT2D eigenvalue weighted by Gasteiger charge is -2.18. The van der Waals surface area contributed by atoms with Crippen LogP contribution in [0.5, 0.6) is 0 Å². The van der Waals surface area contributed by atoms with Crippen LogP contribution in [0.15, 0.2) is 40.5 Å². The van der Waals surface area contributed by atoms with Crippen LogP contribution in [0.4, 0.5) is 13.2 Å². The van der Waals surface area contributed by atoms with Crippen molar-refractivity contribution < 1.29 is 18.0 Å². The number of alkyl halides is 3. The monoisotopic (exact) mass is 323 g/mol. The van der Waals surface area contributed by atoms with E-state index in [-0.39, 0.29) is 5.91 Å². The number of nitrogens with zero attached hydrogens (tertiary/aromatic N) is 2. The van der Waals surface area contributed by atoms with Crippen LogP contribution in [0.25, 0.3) is 0 Å². The molecule has 2 heterocycles. The van der Waals surface area contributed by atoms with Gasteiger partial charge in [0, 0.05) is 24.9 Å². The summed E-state index contributed by atoms with van der Waals surface area (Å²) in [6.45, 7) is 2.94. The van der Waals surface area contributed by atoms with Crippen LogP contribution in [0.2, 0.25) is 0 Å². The van der Waals surface area contributed by atoms with Crippen LogP contribution in [0.1, 0.15) is 24.1 Å². The zero-order valence-electron chi connectivity index (χ0n) is 12.7. The third-order valence-corrected chi connectivity index (χ3v) is 4.14. The Labute approximate surface area is 131 Å². The maximum absolute atomic E-state index is 12.9. The zero-order chi connectivity index (χ0) is 16.8. The number of hydrogen-bond donors (Lipinski definition) is 1. The maximum Gasteiger partial charge on any atom is 0.416 e. The van der Waals surface area contributed by atoms with E-state index in [1.165, 1.54) is 6.07 Å².